The van der Waals surface area contributed by atoms with E-state index in [-0.39, 0.29) is 11.8 Å². The van der Waals surface area contributed by atoms with E-state index in [9.17, 15) is 9.59 Å². The number of rotatable bonds is 5. The fourth-order valence-corrected chi connectivity index (χ4v) is 2.67. The molecule has 0 aliphatic heterocycles. The molecule has 0 radical (unpaired) electrons. The summed E-state index contributed by atoms with van der Waals surface area (Å²) in [7, 11) is 0. The Kier molecular flexibility index (Phi) is 6.23. The van der Waals surface area contributed by atoms with Crippen LogP contribution in [0, 0.1) is 0 Å². The topological polar surface area (TPSA) is 49.4 Å². The van der Waals surface area contributed by atoms with Crippen LogP contribution in [0.15, 0.2) is 42.5 Å². The van der Waals surface area contributed by atoms with E-state index in [1.807, 2.05) is 13.8 Å². The van der Waals surface area contributed by atoms with Gasteiger partial charge in [0, 0.05) is 18.7 Å². The lowest BCUT2D eigenvalue weighted by Crippen LogP contribution is -2.30. The van der Waals surface area contributed by atoms with Gasteiger partial charge in [0.2, 0.25) is 0 Å². The Labute approximate surface area is 151 Å². The highest BCUT2D eigenvalue weighted by atomic mass is 35.5. The first kappa shape index (κ1) is 18.3. The molecular formula is C18H18Cl2N2O2. The molecule has 2 amide bonds. The average molecular weight is 365 g/mol. The molecule has 0 aromatic heterocycles. The monoisotopic (exact) mass is 364 g/mol. The highest BCUT2D eigenvalue weighted by Gasteiger charge is 2.16. The third-order valence-corrected chi connectivity index (χ3v) is 4.29. The van der Waals surface area contributed by atoms with Crippen molar-refractivity contribution in [3.05, 3.63) is 63.6 Å². The lowest BCUT2D eigenvalue weighted by molar-refractivity contribution is 0.0772. The summed E-state index contributed by atoms with van der Waals surface area (Å²) < 4.78 is 0. The Hall–Kier alpha value is -2.04. The van der Waals surface area contributed by atoms with Crippen LogP contribution >= 0.6 is 23.2 Å². The zero-order valence-electron chi connectivity index (χ0n) is 13.5. The molecule has 0 atom stereocenters. The molecule has 0 unspecified atom stereocenters. The molecule has 24 heavy (non-hydrogen) atoms. The summed E-state index contributed by atoms with van der Waals surface area (Å²) in [5.41, 5.74) is 1.19. The largest absolute Gasteiger partial charge is 0.339 e. The number of anilines is 1. The number of carbonyl (C=O) groups is 2. The van der Waals surface area contributed by atoms with E-state index in [0.29, 0.717) is 39.9 Å². The maximum absolute atomic E-state index is 12.4. The molecule has 6 heteroatoms. The summed E-state index contributed by atoms with van der Waals surface area (Å²) in [5, 5.41) is 3.41. The number of halogens is 2. The van der Waals surface area contributed by atoms with Gasteiger partial charge >= 0.3 is 0 Å². The summed E-state index contributed by atoms with van der Waals surface area (Å²) in [6, 6.07) is 11.6. The van der Waals surface area contributed by atoms with E-state index in [2.05, 4.69) is 5.32 Å². The van der Waals surface area contributed by atoms with Gasteiger partial charge in [0.1, 0.15) is 0 Å². The van der Waals surface area contributed by atoms with Crippen molar-refractivity contribution < 1.29 is 9.59 Å². The van der Waals surface area contributed by atoms with Gasteiger partial charge in [-0.1, -0.05) is 35.3 Å². The fraction of sp³-hybridized carbons (Fsp3) is 0.222. The first-order valence-corrected chi connectivity index (χ1v) is 8.38. The van der Waals surface area contributed by atoms with E-state index in [4.69, 9.17) is 23.2 Å². The molecule has 0 aliphatic carbocycles. The minimum absolute atomic E-state index is 0.107. The van der Waals surface area contributed by atoms with E-state index >= 15 is 0 Å². The summed E-state index contributed by atoms with van der Waals surface area (Å²) in [4.78, 5) is 26.5. The smallest absolute Gasteiger partial charge is 0.257 e. The quantitative estimate of drug-likeness (QED) is 0.833. The first-order chi connectivity index (χ1) is 11.5. The van der Waals surface area contributed by atoms with Crippen molar-refractivity contribution in [2.75, 3.05) is 18.4 Å². The highest BCUT2D eigenvalue weighted by Crippen LogP contribution is 2.25. The second kappa shape index (κ2) is 8.18. The molecular weight excluding hydrogens is 347 g/mol. The Balaban J connectivity index is 2.28. The van der Waals surface area contributed by atoms with E-state index < -0.39 is 0 Å². The molecule has 0 aliphatic rings. The molecule has 4 nitrogen and oxygen atoms in total. The molecule has 0 saturated heterocycles. The second-order valence-electron chi connectivity index (χ2n) is 5.11. The number of nitrogens with one attached hydrogen (secondary N) is 1. The van der Waals surface area contributed by atoms with Crippen LogP contribution in [-0.2, 0) is 0 Å². The molecule has 0 bridgehead atoms. The van der Waals surface area contributed by atoms with Gasteiger partial charge in [-0.25, -0.2) is 0 Å². The third-order valence-electron chi connectivity index (χ3n) is 3.63. The van der Waals surface area contributed by atoms with Crippen LogP contribution in [0.4, 0.5) is 5.69 Å². The van der Waals surface area contributed by atoms with Gasteiger partial charge in [0.25, 0.3) is 11.8 Å². The van der Waals surface area contributed by atoms with Gasteiger partial charge in [-0.15, -0.1) is 0 Å². The summed E-state index contributed by atoms with van der Waals surface area (Å²) in [6.07, 6.45) is 0. The van der Waals surface area contributed by atoms with E-state index in [1.165, 1.54) is 0 Å². The zero-order valence-corrected chi connectivity index (χ0v) is 15.0. The first-order valence-electron chi connectivity index (χ1n) is 7.62. The normalized spacial score (nSPS) is 10.3. The minimum atomic E-state index is -0.380. The van der Waals surface area contributed by atoms with Crippen LogP contribution in [-0.4, -0.2) is 29.8 Å². The number of amides is 2. The summed E-state index contributed by atoms with van der Waals surface area (Å²) in [6.45, 7) is 5.05. The maximum Gasteiger partial charge on any atom is 0.257 e. The zero-order chi connectivity index (χ0) is 17.7. The number of benzene rings is 2. The van der Waals surface area contributed by atoms with Crippen molar-refractivity contribution in [3.8, 4) is 0 Å². The average Bonchev–Trinajstić information content (AvgIpc) is 2.58. The lowest BCUT2D eigenvalue weighted by Gasteiger charge is -2.19. The lowest BCUT2D eigenvalue weighted by atomic mass is 10.1. The van der Waals surface area contributed by atoms with Gasteiger partial charge in [-0.3, -0.25) is 9.59 Å². The van der Waals surface area contributed by atoms with Crippen molar-refractivity contribution >= 4 is 40.7 Å². The molecule has 1 N–H and O–H groups in total. The molecule has 2 aromatic carbocycles. The van der Waals surface area contributed by atoms with E-state index in [0.717, 1.165) is 0 Å². The van der Waals surface area contributed by atoms with Crippen molar-refractivity contribution in [2.24, 2.45) is 0 Å². The van der Waals surface area contributed by atoms with E-state index in [1.54, 1.807) is 47.4 Å². The molecule has 0 heterocycles. The van der Waals surface area contributed by atoms with Crippen molar-refractivity contribution in [1.82, 2.24) is 4.90 Å². The predicted molar refractivity (Wildman–Crippen MR) is 98.1 cm³/mol. The molecule has 126 valence electrons. The predicted octanol–water partition coefficient (Wildman–Crippen LogP) is 4.73. The number of nitrogens with zero attached hydrogens (tertiary/aromatic N) is 1. The molecule has 0 fully saturated rings. The van der Waals surface area contributed by atoms with Crippen LogP contribution in [0.25, 0.3) is 0 Å². The van der Waals surface area contributed by atoms with Gasteiger partial charge in [0.15, 0.2) is 0 Å². The van der Waals surface area contributed by atoms with Crippen molar-refractivity contribution in [1.29, 1.82) is 0 Å². The van der Waals surface area contributed by atoms with Crippen LogP contribution in [0.5, 0.6) is 0 Å². The number of hydrogen-bond acceptors (Lipinski definition) is 2. The fourth-order valence-electron chi connectivity index (χ4n) is 2.28. The molecule has 0 spiro atoms. The standard InChI is InChI=1S/C18H18Cl2N2O2/c1-3-22(4-2)18(24)12-9-10-15(20)16(11-12)21-17(23)13-7-5-6-8-14(13)19/h5-11H,3-4H2,1-2H3,(H,21,23). The van der Waals surface area contributed by atoms with Crippen LogP contribution in [0.3, 0.4) is 0 Å². The SMILES string of the molecule is CCN(CC)C(=O)c1ccc(Cl)c(NC(=O)c2ccccc2Cl)c1. The van der Waals surface area contributed by atoms with Gasteiger partial charge in [-0.05, 0) is 44.2 Å². The number of hydrogen-bond donors (Lipinski definition) is 1. The Morgan fingerprint density at radius 3 is 2.29 bits per heavy atom. The Morgan fingerprint density at radius 1 is 1.00 bits per heavy atom. The van der Waals surface area contributed by atoms with Gasteiger partial charge in [0.05, 0.1) is 21.3 Å². The summed E-state index contributed by atoms with van der Waals surface area (Å²) >= 11 is 12.2. The van der Waals surface area contributed by atoms with Gasteiger partial charge < -0.3 is 10.2 Å². The number of carbonyl (C=O) groups excluding carboxylic acids is 2. The Morgan fingerprint density at radius 2 is 1.67 bits per heavy atom. The molecule has 2 aromatic rings. The molecule has 2 rings (SSSR count). The van der Waals surface area contributed by atoms with Crippen LogP contribution in [0.1, 0.15) is 34.6 Å². The van der Waals surface area contributed by atoms with Crippen molar-refractivity contribution in [2.45, 2.75) is 13.8 Å². The molecule has 0 saturated carbocycles. The van der Waals surface area contributed by atoms with Gasteiger partial charge in [-0.2, -0.15) is 0 Å². The van der Waals surface area contributed by atoms with Crippen molar-refractivity contribution in [3.63, 3.8) is 0 Å². The maximum atomic E-state index is 12.4. The minimum Gasteiger partial charge on any atom is -0.339 e. The third kappa shape index (κ3) is 4.08. The second-order valence-corrected chi connectivity index (χ2v) is 5.92. The van der Waals surface area contributed by atoms with Crippen LogP contribution < -0.4 is 5.32 Å². The van der Waals surface area contributed by atoms with Crippen LogP contribution in [0.2, 0.25) is 10.0 Å². The Bertz CT molecular complexity index is 758. The summed E-state index contributed by atoms with van der Waals surface area (Å²) in [5.74, 6) is -0.486. The highest BCUT2D eigenvalue weighted by molar-refractivity contribution is 6.36.